The van der Waals surface area contributed by atoms with Gasteiger partial charge in [0.25, 0.3) is 0 Å². The zero-order valence-electron chi connectivity index (χ0n) is 14.5. The van der Waals surface area contributed by atoms with Gasteiger partial charge in [-0.15, -0.1) is 5.10 Å². The zero-order chi connectivity index (χ0) is 18.1. The molecule has 0 N–H and O–H groups in total. The molecule has 0 amide bonds. The number of hydrogen-bond donors (Lipinski definition) is 0. The van der Waals surface area contributed by atoms with Crippen LogP contribution in [0.2, 0.25) is 0 Å². The van der Waals surface area contributed by atoms with Crippen molar-refractivity contribution in [1.82, 2.24) is 20.0 Å². The first-order valence-corrected chi connectivity index (χ1v) is 8.19. The van der Waals surface area contributed by atoms with Gasteiger partial charge in [-0.2, -0.15) is 4.39 Å². The molecule has 0 bridgehead atoms. The van der Waals surface area contributed by atoms with Gasteiger partial charge in [0.15, 0.2) is 11.4 Å². The summed E-state index contributed by atoms with van der Waals surface area (Å²) >= 11 is 0. The van der Waals surface area contributed by atoms with Crippen LogP contribution in [0.25, 0.3) is 5.82 Å². The third kappa shape index (κ3) is 4.01. The van der Waals surface area contributed by atoms with E-state index in [1.807, 2.05) is 20.8 Å². The van der Waals surface area contributed by atoms with Crippen LogP contribution in [0.15, 0.2) is 24.4 Å². The number of ether oxygens (including phenoxy) is 2. The highest BCUT2D eigenvalue weighted by Crippen LogP contribution is 2.32. The Bertz CT molecular complexity index is 763. The number of aromatic nitrogens is 4. The van der Waals surface area contributed by atoms with Crippen molar-refractivity contribution in [3.8, 4) is 5.82 Å². The number of esters is 1. The van der Waals surface area contributed by atoms with Crippen LogP contribution < -0.4 is 0 Å². The highest BCUT2D eigenvalue weighted by Gasteiger charge is 2.46. The summed E-state index contributed by atoms with van der Waals surface area (Å²) in [6, 6.07) is 4.42. The molecular formula is C17H21FN4O3. The maximum Gasteiger partial charge on any atom is 0.339 e. The highest BCUT2D eigenvalue weighted by molar-refractivity contribution is 5.80. The number of nitrogens with zero attached hydrogens (tertiary/aromatic N) is 4. The second-order valence-electron chi connectivity index (χ2n) is 7.10. The van der Waals surface area contributed by atoms with Crippen molar-refractivity contribution in [3.05, 3.63) is 36.0 Å². The summed E-state index contributed by atoms with van der Waals surface area (Å²) in [6.45, 7) is 5.96. The Hall–Kier alpha value is -2.35. The average molecular weight is 348 g/mol. The van der Waals surface area contributed by atoms with Gasteiger partial charge < -0.3 is 9.47 Å². The molecule has 25 heavy (non-hydrogen) atoms. The van der Waals surface area contributed by atoms with Crippen LogP contribution in [0.4, 0.5) is 4.39 Å². The third-order valence-corrected chi connectivity index (χ3v) is 3.82. The van der Waals surface area contributed by atoms with Crippen LogP contribution in [-0.2, 0) is 20.7 Å². The van der Waals surface area contributed by atoms with Crippen LogP contribution in [0.1, 0.15) is 39.3 Å². The number of carbonyl (C=O) groups excluding carboxylic acids is 1. The predicted molar refractivity (Wildman–Crippen MR) is 86.6 cm³/mol. The van der Waals surface area contributed by atoms with Gasteiger partial charge in [-0.05, 0) is 45.7 Å². The second kappa shape index (κ2) is 6.51. The first-order valence-electron chi connectivity index (χ1n) is 8.19. The first kappa shape index (κ1) is 17.5. The largest absolute Gasteiger partial charge is 0.458 e. The molecule has 1 atom stereocenters. The molecule has 0 spiro atoms. The summed E-state index contributed by atoms with van der Waals surface area (Å²) in [5.41, 5.74) is -1.10. The van der Waals surface area contributed by atoms with Crippen molar-refractivity contribution in [2.45, 2.75) is 51.2 Å². The summed E-state index contributed by atoms with van der Waals surface area (Å²) in [5.74, 6) is -0.674. The molecule has 2 aromatic rings. The van der Waals surface area contributed by atoms with Crippen molar-refractivity contribution >= 4 is 5.97 Å². The van der Waals surface area contributed by atoms with E-state index in [0.29, 0.717) is 24.5 Å². The Morgan fingerprint density at radius 2 is 2.24 bits per heavy atom. The molecule has 0 aliphatic carbocycles. The van der Waals surface area contributed by atoms with Crippen LogP contribution >= 0.6 is 0 Å². The van der Waals surface area contributed by atoms with Gasteiger partial charge in [0.1, 0.15) is 5.60 Å². The fourth-order valence-corrected chi connectivity index (χ4v) is 2.75. The fraction of sp³-hybridized carbons (Fsp3) is 0.529. The topological polar surface area (TPSA) is 79.1 Å². The van der Waals surface area contributed by atoms with Crippen molar-refractivity contribution < 1.29 is 18.7 Å². The lowest BCUT2D eigenvalue weighted by Crippen LogP contribution is -2.45. The molecule has 0 radical (unpaired) electrons. The van der Waals surface area contributed by atoms with E-state index in [0.717, 1.165) is 6.42 Å². The van der Waals surface area contributed by atoms with E-state index < -0.39 is 23.1 Å². The number of halogens is 1. The molecule has 2 aromatic heterocycles. The third-order valence-electron chi connectivity index (χ3n) is 3.82. The van der Waals surface area contributed by atoms with Gasteiger partial charge in [0, 0.05) is 13.0 Å². The Balaban J connectivity index is 1.81. The molecule has 1 saturated heterocycles. The standard InChI is InChI=1S/C17H21FN4O3/c1-16(2,3)25-15(23)17(8-5-9-24-17)10-12-11-22(21-20-12)14-7-4-6-13(18)19-14/h4,6-7,11H,5,8-10H2,1-3H3. The molecule has 1 aliphatic heterocycles. The molecule has 7 nitrogen and oxygen atoms in total. The lowest BCUT2D eigenvalue weighted by Gasteiger charge is -2.29. The number of pyridine rings is 1. The van der Waals surface area contributed by atoms with E-state index in [-0.39, 0.29) is 6.42 Å². The van der Waals surface area contributed by atoms with Crippen LogP contribution in [-0.4, -0.2) is 43.8 Å². The van der Waals surface area contributed by atoms with Gasteiger partial charge in [-0.1, -0.05) is 11.3 Å². The summed E-state index contributed by atoms with van der Waals surface area (Å²) in [6.07, 6.45) is 3.21. The Kier molecular flexibility index (Phi) is 4.55. The Labute approximate surface area is 145 Å². The van der Waals surface area contributed by atoms with Crippen molar-refractivity contribution in [3.63, 3.8) is 0 Å². The maximum absolute atomic E-state index is 13.3. The van der Waals surface area contributed by atoms with E-state index in [9.17, 15) is 9.18 Å². The van der Waals surface area contributed by atoms with Gasteiger partial charge in [0.2, 0.25) is 5.95 Å². The minimum atomic E-state index is -1.05. The predicted octanol–water partition coefficient (Wildman–Crippen LogP) is 2.23. The van der Waals surface area contributed by atoms with Gasteiger partial charge in [-0.25, -0.2) is 14.5 Å². The monoisotopic (exact) mass is 348 g/mol. The van der Waals surface area contributed by atoms with Gasteiger partial charge in [0.05, 0.1) is 11.9 Å². The minimum Gasteiger partial charge on any atom is -0.458 e. The molecular weight excluding hydrogens is 327 g/mol. The van der Waals surface area contributed by atoms with Gasteiger partial charge in [-0.3, -0.25) is 0 Å². The van der Waals surface area contributed by atoms with Crippen molar-refractivity contribution in [2.75, 3.05) is 6.61 Å². The van der Waals surface area contributed by atoms with E-state index in [1.165, 1.54) is 10.7 Å². The normalized spacial score (nSPS) is 20.6. The fourth-order valence-electron chi connectivity index (χ4n) is 2.75. The summed E-state index contributed by atoms with van der Waals surface area (Å²) in [4.78, 5) is 16.4. The molecule has 134 valence electrons. The lowest BCUT2D eigenvalue weighted by molar-refractivity contribution is -0.178. The molecule has 0 saturated carbocycles. The Morgan fingerprint density at radius 3 is 2.88 bits per heavy atom. The highest BCUT2D eigenvalue weighted by atomic mass is 19.1. The smallest absolute Gasteiger partial charge is 0.339 e. The average Bonchev–Trinajstić information content (AvgIpc) is 3.16. The number of hydrogen-bond acceptors (Lipinski definition) is 6. The van der Waals surface area contributed by atoms with E-state index in [2.05, 4.69) is 15.3 Å². The van der Waals surface area contributed by atoms with Crippen molar-refractivity contribution in [2.24, 2.45) is 0 Å². The van der Waals surface area contributed by atoms with E-state index in [1.54, 1.807) is 18.3 Å². The molecule has 3 heterocycles. The van der Waals surface area contributed by atoms with Crippen LogP contribution in [0.3, 0.4) is 0 Å². The number of rotatable bonds is 4. The second-order valence-corrected chi connectivity index (χ2v) is 7.10. The Morgan fingerprint density at radius 1 is 1.44 bits per heavy atom. The number of carbonyl (C=O) groups is 1. The quantitative estimate of drug-likeness (QED) is 0.623. The van der Waals surface area contributed by atoms with E-state index in [4.69, 9.17) is 9.47 Å². The minimum absolute atomic E-state index is 0.247. The molecule has 1 unspecified atom stereocenters. The summed E-state index contributed by atoms with van der Waals surface area (Å²) < 4.78 is 25.9. The van der Waals surface area contributed by atoms with Gasteiger partial charge >= 0.3 is 5.97 Å². The van der Waals surface area contributed by atoms with Crippen molar-refractivity contribution in [1.29, 1.82) is 0 Å². The molecule has 1 aliphatic rings. The first-order chi connectivity index (χ1) is 11.8. The maximum atomic E-state index is 13.3. The molecule has 3 rings (SSSR count). The molecule has 0 aromatic carbocycles. The van der Waals surface area contributed by atoms with E-state index >= 15 is 0 Å². The summed E-state index contributed by atoms with van der Waals surface area (Å²) in [7, 11) is 0. The van der Waals surface area contributed by atoms with Crippen LogP contribution in [0, 0.1) is 5.95 Å². The zero-order valence-corrected chi connectivity index (χ0v) is 14.5. The SMILES string of the molecule is CC(C)(C)OC(=O)C1(Cc2cn(-c3cccc(F)n3)nn2)CCCO1. The molecule has 1 fully saturated rings. The molecule has 8 heteroatoms. The summed E-state index contributed by atoms with van der Waals surface area (Å²) in [5, 5.41) is 8.04. The van der Waals surface area contributed by atoms with Crippen LogP contribution in [0.5, 0.6) is 0 Å². The lowest BCUT2D eigenvalue weighted by atomic mass is 9.94.